The van der Waals surface area contributed by atoms with Gasteiger partial charge in [-0.1, -0.05) is 6.07 Å². The molecule has 0 radical (unpaired) electrons. The number of pyridine rings is 1. The molecule has 0 atom stereocenters. The van der Waals surface area contributed by atoms with Gasteiger partial charge in [0.15, 0.2) is 0 Å². The van der Waals surface area contributed by atoms with Crippen LogP contribution in [0.1, 0.15) is 21.5 Å². The number of benzene rings is 1. The molecule has 1 aromatic carbocycles. The van der Waals surface area contributed by atoms with Gasteiger partial charge in [-0.3, -0.25) is 9.59 Å². The molecule has 1 aromatic heterocycles. The van der Waals surface area contributed by atoms with E-state index in [2.05, 4.69) is 10.3 Å². The van der Waals surface area contributed by atoms with Crippen LogP contribution >= 0.6 is 0 Å². The second-order valence-corrected chi connectivity index (χ2v) is 4.27. The van der Waals surface area contributed by atoms with Crippen molar-refractivity contribution in [2.45, 2.75) is 13.8 Å². The molecular formula is C14H14N2O2. The first kappa shape index (κ1) is 12.1. The molecule has 2 N–H and O–H groups in total. The number of aryl methyl sites for hydroxylation is 2. The number of hydrogen-bond donors (Lipinski definition) is 2. The number of H-pyrrole nitrogens is 1. The van der Waals surface area contributed by atoms with E-state index in [1.807, 2.05) is 32.0 Å². The topological polar surface area (TPSA) is 62.0 Å². The molecule has 92 valence electrons. The third-order valence-electron chi connectivity index (χ3n) is 2.53. The van der Waals surface area contributed by atoms with Crippen molar-refractivity contribution in [3.05, 3.63) is 63.6 Å². The average Bonchev–Trinajstić information content (AvgIpc) is 2.28. The van der Waals surface area contributed by atoms with Gasteiger partial charge in [-0.25, -0.2) is 0 Å². The number of nitrogens with one attached hydrogen (secondary N) is 2. The first-order valence-electron chi connectivity index (χ1n) is 5.63. The summed E-state index contributed by atoms with van der Waals surface area (Å²) in [6, 6.07) is 8.66. The van der Waals surface area contributed by atoms with Crippen molar-refractivity contribution in [1.82, 2.24) is 4.98 Å². The molecule has 2 aromatic rings. The number of rotatable bonds is 2. The number of amides is 1. The van der Waals surface area contributed by atoms with Crippen molar-refractivity contribution in [1.29, 1.82) is 0 Å². The van der Waals surface area contributed by atoms with Gasteiger partial charge in [0.1, 0.15) is 0 Å². The van der Waals surface area contributed by atoms with Gasteiger partial charge in [0.25, 0.3) is 5.91 Å². The zero-order valence-corrected chi connectivity index (χ0v) is 10.3. The van der Waals surface area contributed by atoms with Crippen LogP contribution < -0.4 is 10.9 Å². The highest BCUT2D eigenvalue weighted by Crippen LogP contribution is 2.14. The maximum Gasteiger partial charge on any atom is 0.257 e. The Labute approximate surface area is 105 Å². The van der Waals surface area contributed by atoms with E-state index in [9.17, 15) is 9.59 Å². The second-order valence-electron chi connectivity index (χ2n) is 4.27. The van der Waals surface area contributed by atoms with E-state index < -0.39 is 0 Å². The van der Waals surface area contributed by atoms with Crippen LogP contribution in [0.15, 0.2) is 41.3 Å². The molecule has 0 saturated carbocycles. The second kappa shape index (κ2) is 4.87. The van der Waals surface area contributed by atoms with Crippen LogP contribution in [0, 0.1) is 13.8 Å². The monoisotopic (exact) mass is 242 g/mol. The van der Waals surface area contributed by atoms with Crippen LogP contribution in [-0.4, -0.2) is 10.9 Å². The minimum absolute atomic E-state index is 0.224. The molecule has 0 bridgehead atoms. The molecule has 0 saturated heterocycles. The molecule has 0 unspecified atom stereocenters. The third-order valence-corrected chi connectivity index (χ3v) is 2.53. The Bertz CT molecular complexity index is 604. The van der Waals surface area contributed by atoms with Crippen LogP contribution in [0.4, 0.5) is 5.69 Å². The third kappa shape index (κ3) is 2.85. The lowest BCUT2D eigenvalue weighted by atomic mass is 10.1. The Morgan fingerprint density at radius 2 is 1.78 bits per heavy atom. The summed E-state index contributed by atoms with van der Waals surface area (Å²) in [6.07, 6.45) is 1.40. The average molecular weight is 242 g/mol. The van der Waals surface area contributed by atoms with Gasteiger partial charge in [-0.2, -0.15) is 0 Å². The molecule has 1 heterocycles. The van der Waals surface area contributed by atoms with Gasteiger partial charge in [0, 0.05) is 18.0 Å². The lowest BCUT2D eigenvalue weighted by molar-refractivity contribution is 0.102. The van der Waals surface area contributed by atoms with Gasteiger partial charge in [0.2, 0.25) is 5.56 Å². The molecule has 1 amide bonds. The number of hydrogen-bond acceptors (Lipinski definition) is 2. The van der Waals surface area contributed by atoms with Crippen LogP contribution in [0.25, 0.3) is 0 Å². The van der Waals surface area contributed by atoms with Crippen molar-refractivity contribution < 1.29 is 4.79 Å². The van der Waals surface area contributed by atoms with Crippen LogP contribution in [0.2, 0.25) is 0 Å². The van der Waals surface area contributed by atoms with Crippen LogP contribution in [-0.2, 0) is 0 Å². The number of carbonyl (C=O) groups is 1. The molecule has 18 heavy (non-hydrogen) atoms. The number of aromatic nitrogens is 1. The number of aromatic amines is 1. The number of anilines is 1. The summed E-state index contributed by atoms with van der Waals surface area (Å²) in [6.45, 7) is 3.95. The minimum Gasteiger partial charge on any atom is -0.328 e. The summed E-state index contributed by atoms with van der Waals surface area (Å²) in [7, 11) is 0. The summed E-state index contributed by atoms with van der Waals surface area (Å²) in [5, 5.41) is 2.80. The summed E-state index contributed by atoms with van der Waals surface area (Å²) in [5.74, 6) is -0.240. The smallest absolute Gasteiger partial charge is 0.257 e. The first-order valence-corrected chi connectivity index (χ1v) is 5.63. The standard InChI is InChI=1S/C14H14N2O2/c1-9-5-10(2)7-12(6-9)16-14(18)11-3-4-13(17)15-8-11/h3-8H,1-2H3,(H,15,17)(H,16,18). The summed E-state index contributed by atoms with van der Waals surface area (Å²) in [4.78, 5) is 25.3. The quantitative estimate of drug-likeness (QED) is 0.848. The van der Waals surface area contributed by atoms with Gasteiger partial charge in [-0.15, -0.1) is 0 Å². The molecule has 4 heteroatoms. The Balaban J connectivity index is 2.21. The molecule has 0 fully saturated rings. The number of carbonyl (C=O) groups excluding carboxylic acids is 1. The zero-order chi connectivity index (χ0) is 13.1. The summed E-state index contributed by atoms with van der Waals surface area (Å²) in [5.41, 5.74) is 3.13. The normalized spacial score (nSPS) is 10.1. The van der Waals surface area contributed by atoms with Gasteiger partial charge < -0.3 is 10.3 Å². The summed E-state index contributed by atoms with van der Waals surface area (Å²) < 4.78 is 0. The Hall–Kier alpha value is -2.36. The molecule has 0 aliphatic carbocycles. The fourth-order valence-corrected chi connectivity index (χ4v) is 1.80. The lowest BCUT2D eigenvalue weighted by Crippen LogP contribution is -2.14. The van der Waals surface area contributed by atoms with E-state index in [-0.39, 0.29) is 11.5 Å². The van der Waals surface area contributed by atoms with E-state index in [0.29, 0.717) is 5.56 Å². The van der Waals surface area contributed by atoms with E-state index in [4.69, 9.17) is 0 Å². The van der Waals surface area contributed by atoms with Crippen molar-refractivity contribution in [3.8, 4) is 0 Å². The lowest BCUT2D eigenvalue weighted by Gasteiger charge is -2.07. The van der Waals surface area contributed by atoms with Crippen molar-refractivity contribution >= 4 is 11.6 Å². The predicted molar refractivity (Wildman–Crippen MR) is 70.9 cm³/mol. The molecule has 4 nitrogen and oxygen atoms in total. The zero-order valence-electron chi connectivity index (χ0n) is 10.3. The van der Waals surface area contributed by atoms with E-state index in [1.54, 1.807) is 0 Å². The molecule has 2 rings (SSSR count). The highest BCUT2D eigenvalue weighted by Gasteiger charge is 2.06. The Morgan fingerprint density at radius 3 is 2.33 bits per heavy atom. The Morgan fingerprint density at radius 1 is 1.11 bits per heavy atom. The maximum atomic E-state index is 11.9. The minimum atomic E-state index is -0.240. The maximum absolute atomic E-state index is 11.9. The summed E-state index contributed by atoms with van der Waals surface area (Å²) >= 11 is 0. The van der Waals surface area contributed by atoms with E-state index in [0.717, 1.165) is 16.8 Å². The van der Waals surface area contributed by atoms with Crippen LogP contribution in [0.5, 0.6) is 0 Å². The van der Waals surface area contributed by atoms with Gasteiger partial charge in [-0.05, 0) is 43.2 Å². The first-order chi connectivity index (χ1) is 8.54. The molecule has 0 aliphatic rings. The Kier molecular flexibility index (Phi) is 3.28. The SMILES string of the molecule is Cc1cc(C)cc(NC(=O)c2ccc(=O)[nH]c2)c1. The van der Waals surface area contributed by atoms with E-state index in [1.165, 1.54) is 18.3 Å². The highest BCUT2D eigenvalue weighted by atomic mass is 16.1. The van der Waals surface area contributed by atoms with Gasteiger partial charge >= 0.3 is 0 Å². The van der Waals surface area contributed by atoms with Crippen LogP contribution in [0.3, 0.4) is 0 Å². The fraction of sp³-hybridized carbons (Fsp3) is 0.143. The highest BCUT2D eigenvalue weighted by molar-refractivity contribution is 6.04. The predicted octanol–water partition coefficient (Wildman–Crippen LogP) is 2.24. The van der Waals surface area contributed by atoms with Crippen molar-refractivity contribution in [3.63, 3.8) is 0 Å². The fourth-order valence-electron chi connectivity index (χ4n) is 1.80. The van der Waals surface area contributed by atoms with Crippen molar-refractivity contribution in [2.24, 2.45) is 0 Å². The molecule has 0 aliphatic heterocycles. The van der Waals surface area contributed by atoms with E-state index >= 15 is 0 Å². The molecule has 0 spiro atoms. The largest absolute Gasteiger partial charge is 0.328 e. The van der Waals surface area contributed by atoms with Crippen molar-refractivity contribution in [2.75, 3.05) is 5.32 Å². The van der Waals surface area contributed by atoms with Gasteiger partial charge in [0.05, 0.1) is 5.56 Å². The molecular weight excluding hydrogens is 228 g/mol.